The fourth-order valence-electron chi connectivity index (χ4n) is 3.65. The van der Waals surface area contributed by atoms with Crippen molar-refractivity contribution >= 4 is 51.7 Å². The number of hydrogen-bond donors (Lipinski definition) is 1. The molecule has 0 radical (unpaired) electrons. The van der Waals surface area contributed by atoms with Crippen molar-refractivity contribution in [3.05, 3.63) is 83.1 Å². The first kappa shape index (κ1) is 23.2. The molecule has 35 heavy (non-hydrogen) atoms. The Hall–Kier alpha value is -3.56. The highest BCUT2D eigenvalue weighted by molar-refractivity contribution is 8.15. The molecule has 3 aromatic rings. The molecule has 178 valence electrons. The van der Waals surface area contributed by atoms with E-state index in [1.165, 1.54) is 23.1 Å². The number of hydrogen-bond acceptors (Lipinski definition) is 6. The predicted molar refractivity (Wildman–Crippen MR) is 133 cm³/mol. The van der Waals surface area contributed by atoms with E-state index < -0.39 is 17.0 Å². The molecule has 10 heteroatoms. The molecule has 0 spiro atoms. The Kier molecular flexibility index (Phi) is 6.61. The lowest BCUT2D eigenvalue weighted by atomic mass is 10.1. The zero-order chi connectivity index (χ0) is 24.4. The molecule has 0 saturated carbocycles. The molecule has 5 rings (SSSR count). The van der Waals surface area contributed by atoms with E-state index in [1.54, 1.807) is 36.4 Å². The number of nitrogens with one attached hydrogen (secondary N) is 1. The Bertz CT molecular complexity index is 1340. The number of amides is 2. The van der Waals surface area contributed by atoms with Crippen LogP contribution in [0.5, 0.6) is 11.5 Å². The topological polar surface area (TPSA) is 80.2 Å². The summed E-state index contributed by atoms with van der Waals surface area (Å²) < 4.78 is 24.8. The number of carbonyl (C=O) groups is 2. The Morgan fingerprint density at radius 1 is 1.11 bits per heavy atom. The molecule has 1 unspecified atom stereocenters. The van der Waals surface area contributed by atoms with Crippen molar-refractivity contribution in [3.63, 3.8) is 0 Å². The first-order chi connectivity index (χ1) is 17.0. The molecule has 2 amide bonds. The number of benzene rings is 3. The van der Waals surface area contributed by atoms with Crippen molar-refractivity contribution in [1.82, 2.24) is 4.90 Å². The lowest BCUT2D eigenvalue weighted by molar-refractivity contribution is -0.129. The standard InChI is InChI=1S/C25H19ClFN3O4S/c26-16-4-3-5-17(11-16)28-25-30(13-15-8-9-20-21(10-15)34-14-33-20)23(31)12-22(35-25)24(32)29-19-7-2-1-6-18(19)27/h1-11,22H,12-14H2,(H,29,32). The van der Waals surface area contributed by atoms with Gasteiger partial charge in [0.15, 0.2) is 16.7 Å². The molecule has 1 fully saturated rings. The zero-order valence-corrected chi connectivity index (χ0v) is 19.8. The van der Waals surface area contributed by atoms with E-state index in [2.05, 4.69) is 10.3 Å². The van der Waals surface area contributed by atoms with Crippen LogP contribution in [0.3, 0.4) is 0 Å². The molecule has 0 bridgehead atoms. The van der Waals surface area contributed by atoms with Crippen LogP contribution >= 0.6 is 23.4 Å². The number of amidine groups is 1. The van der Waals surface area contributed by atoms with Crippen LogP contribution in [-0.4, -0.2) is 33.9 Å². The van der Waals surface area contributed by atoms with Crippen LogP contribution in [0.1, 0.15) is 12.0 Å². The third-order valence-corrected chi connectivity index (χ3v) is 6.80. The number of anilines is 1. The van der Waals surface area contributed by atoms with Crippen LogP contribution in [0.4, 0.5) is 15.8 Å². The summed E-state index contributed by atoms with van der Waals surface area (Å²) in [7, 11) is 0. The maximum absolute atomic E-state index is 14.0. The number of thioether (sulfide) groups is 1. The molecule has 1 atom stereocenters. The van der Waals surface area contributed by atoms with Crippen LogP contribution in [0.2, 0.25) is 5.02 Å². The second kappa shape index (κ2) is 9.97. The molecule has 7 nitrogen and oxygen atoms in total. The summed E-state index contributed by atoms with van der Waals surface area (Å²) in [5.41, 5.74) is 1.41. The van der Waals surface area contributed by atoms with Crippen LogP contribution < -0.4 is 14.8 Å². The largest absolute Gasteiger partial charge is 0.454 e. The van der Waals surface area contributed by atoms with E-state index in [4.69, 9.17) is 21.1 Å². The predicted octanol–water partition coefficient (Wildman–Crippen LogP) is 5.37. The SMILES string of the molecule is O=C(Nc1ccccc1F)C1CC(=O)N(Cc2ccc3c(c2)OCO3)C(=Nc2cccc(Cl)c2)S1. The Morgan fingerprint density at radius 2 is 1.94 bits per heavy atom. The number of carbonyl (C=O) groups excluding carboxylic acids is 2. The minimum absolute atomic E-state index is 0.0571. The Morgan fingerprint density at radius 3 is 2.77 bits per heavy atom. The molecule has 1 N–H and O–H groups in total. The quantitative estimate of drug-likeness (QED) is 0.498. The minimum Gasteiger partial charge on any atom is -0.454 e. The minimum atomic E-state index is -0.784. The number of ether oxygens (including phenoxy) is 2. The summed E-state index contributed by atoms with van der Waals surface area (Å²) in [4.78, 5) is 32.3. The fraction of sp³-hybridized carbons (Fsp3) is 0.160. The molecule has 0 aromatic heterocycles. The normalized spacial score (nSPS) is 18.1. The first-order valence-corrected chi connectivity index (χ1v) is 12.0. The zero-order valence-electron chi connectivity index (χ0n) is 18.2. The van der Waals surface area contributed by atoms with Gasteiger partial charge < -0.3 is 14.8 Å². The molecule has 3 aromatic carbocycles. The number of para-hydroxylation sites is 1. The molecule has 2 aliphatic rings. The summed E-state index contributed by atoms with van der Waals surface area (Å²) in [6.07, 6.45) is -0.0654. The van der Waals surface area contributed by atoms with Crippen molar-refractivity contribution in [1.29, 1.82) is 0 Å². The maximum Gasteiger partial charge on any atom is 0.238 e. The van der Waals surface area contributed by atoms with E-state index in [9.17, 15) is 14.0 Å². The van der Waals surface area contributed by atoms with Gasteiger partial charge in [-0.3, -0.25) is 14.5 Å². The van der Waals surface area contributed by atoms with Gasteiger partial charge >= 0.3 is 0 Å². The number of nitrogens with zero attached hydrogens (tertiary/aromatic N) is 2. The van der Waals surface area contributed by atoms with Crippen molar-refractivity contribution in [3.8, 4) is 11.5 Å². The van der Waals surface area contributed by atoms with Crippen molar-refractivity contribution in [2.75, 3.05) is 12.1 Å². The fourth-order valence-corrected chi connectivity index (χ4v) is 4.93. The summed E-state index contributed by atoms with van der Waals surface area (Å²) >= 11 is 7.26. The summed E-state index contributed by atoms with van der Waals surface area (Å²) in [5, 5.41) is 2.63. The smallest absolute Gasteiger partial charge is 0.238 e. The second-order valence-electron chi connectivity index (χ2n) is 7.82. The van der Waals surface area contributed by atoms with Crippen LogP contribution in [0, 0.1) is 5.82 Å². The Balaban J connectivity index is 1.42. The molecule has 2 aliphatic heterocycles. The average Bonchev–Trinajstić information content (AvgIpc) is 3.30. The van der Waals surface area contributed by atoms with Gasteiger partial charge in [0.1, 0.15) is 11.1 Å². The highest BCUT2D eigenvalue weighted by Crippen LogP contribution is 2.35. The second-order valence-corrected chi connectivity index (χ2v) is 9.43. The Labute approximate surface area is 209 Å². The lowest BCUT2D eigenvalue weighted by Crippen LogP contribution is -2.44. The van der Waals surface area contributed by atoms with Gasteiger partial charge in [-0.25, -0.2) is 9.38 Å². The van der Waals surface area contributed by atoms with Gasteiger partial charge in [0.05, 0.1) is 17.9 Å². The third-order valence-electron chi connectivity index (χ3n) is 5.37. The highest BCUT2D eigenvalue weighted by Gasteiger charge is 2.36. The van der Waals surface area contributed by atoms with Gasteiger partial charge in [0.2, 0.25) is 18.6 Å². The van der Waals surface area contributed by atoms with Crippen molar-refractivity contribution in [2.45, 2.75) is 18.2 Å². The van der Waals surface area contributed by atoms with Crippen LogP contribution in [0.25, 0.3) is 0 Å². The van der Waals surface area contributed by atoms with Gasteiger partial charge in [-0.15, -0.1) is 0 Å². The number of fused-ring (bicyclic) bond motifs is 1. The van der Waals surface area contributed by atoms with Gasteiger partial charge in [-0.1, -0.05) is 47.6 Å². The van der Waals surface area contributed by atoms with Crippen LogP contribution in [-0.2, 0) is 16.1 Å². The van der Waals surface area contributed by atoms with Gasteiger partial charge in [0, 0.05) is 11.4 Å². The van der Waals surface area contributed by atoms with Gasteiger partial charge in [0.25, 0.3) is 0 Å². The number of rotatable bonds is 5. The molecular weight excluding hydrogens is 493 g/mol. The molecule has 2 heterocycles. The van der Waals surface area contributed by atoms with E-state index in [0.717, 1.165) is 17.3 Å². The van der Waals surface area contributed by atoms with E-state index >= 15 is 0 Å². The molecule has 1 saturated heterocycles. The first-order valence-electron chi connectivity index (χ1n) is 10.7. The number of halogens is 2. The number of aliphatic imine (C=N–C) groups is 1. The maximum atomic E-state index is 14.0. The summed E-state index contributed by atoms with van der Waals surface area (Å²) in [5.74, 6) is -0.0584. The third kappa shape index (κ3) is 5.26. The highest BCUT2D eigenvalue weighted by atomic mass is 35.5. The molecular formula is C25H19ClFN3O4S. The van der Waals surface area contributed by atoms with Gasteiger partial charge in [-0.05, 0) is 48.0 Å². The summed E-state index contributed by atoms with van der Waals surface area (Å²) in [6, 6.07) is 18.2. The van der Waals surface area contributed by atoms with Crippen molar-refractivity contribution in [2.24, 2.45) is 4.99 Å². The van der Waals surface area contributed by atoms with Gasteiger partial charge in [-0.2, -0.15) is 0 Å². The van der Waals surface area contributed by atoms with E-state index in [-0.39, 0.29) is 31.4 Å². The monoisotopic (exact) mass is 511 g/mol. The van der Waals surface area contributed by atoms with Crippen LogP contribution in [0.15, 0.2) is 71.7 Å². The van der Waals surface area contributed by atoms with E-state index in [1.807, 2.05) is 12.1 Å². The average molecular weight is 512 g/mol. The van der Waals surface area contributed by atoms with Crippen molar-refractivity contribution < 1.29 is 23.5 Å². The lowest BCUT2D eigenvalue weighted by Gasteiger charge is -2.32. The molecule has 0 aliphatic carbocycles. The van der Waals surface area contributed by atoms with E-state index in [0.29, 0.717) is 27.4 Å². The summed E-state index contributed by atoms with van der Waals surface area (Å²) in [6.45, 7) is 0.376.